The summed E-state index contributed by atoms with van der Waals surface area (Å²) in [7, 11) is 0. The van der Waals surface area contributed by atoms with E-state index in [0.29, 0.717) is 11.7 Å². The van der Waals surface area contributed by atoms with E-state index in [4.69, 9.17) is 9.47 Å². The van der Waals surface area contributed by atoms with Crippen LogP contribution in [-0.2, 0) is 11.2 Å². The van der Waals surface area contributed by atoms with E-state index in [2.05, 4.69) is 39.1 Å². The second-order valence-electron chi connectivity index (χ2n) is 7.52. The maximum absolute atomic E-state index is 12.4. The fraction of sp³-hybridized carbons (Fsp3) is 0.409. The van der Waals surface area contributed by atoms with E-state index in [9.17, 15) is 4.79 Å². The monoisotopic (exact) mass is 353 g/mol. The molecule has 2 aromatic carbocycles. The number of anilines is 1. The quantitative estimate of drug-likeness (QED) is 0.801. The molecule has 0 unspecified atom stereocenters. The number of fused-ring (bicyclic) bond motifs is 1. The lowest BCUT2D eigenvalue weighted by Crippen LogP contribution is -2.25. The molecule has 138 valence electrons. The number of amides is 1. The molecule has 1 aliphatic heterocycles. The second-order valence-corrected chi connectivity index (χ2v) is 7.52. The van der Waals surface area contributed by atoms with Gasteiger partial charge in [-0.05, 0) is 43.9 Å². The number of ether oxygens (including phenoxy) is 2. The van der Waals surface area contributed by atoms with Gasteiger partial charge in [0.1, 0.15) is 5.60 Å². The molecule has 4 heteroatoms. The van der Waals surface area contributed by atoms with Crippen molar-refractivity contribution in [1.29, 1.82) is 0 Å². The lowest BCUT2D eigenvalue weighted by molar-refractivity contribution is -0.118. The van der Waals surface area contributed by atoms with E-state index in [-0.39, 0.29) is 18.1 Å². The lowest BCUT2D eigenvalue weighted by atomic mass is 9.97. The summed E-state index contributed by atoms with van der Waals surface area (Å²) in [4.78, 5) is 12.4. The Morgan fingerprint density at radius 3 is 2.77 bits per heavy atom. The number of para-hydroxylation sites is 2. The number of hydrogen-bond donors (Lipinski definition) is 1. The maximum atomic E-state index is 12.4. The van der Waals surface area contributed by atoms with Gasteiger partial charge in [0.15, 0.2) is 18.1 Å². The summed E-state index contributed by atoms with van der Waals surface area (Å²) in [6, 6.07) is 13.8. The van der Waals surface area contributed by atoms with Crippen LogP contribution in [0.5, 0.6) is 11.5 Å². The van der Waals surface area contributed by atoms with Crippen molar-refractivity contribution in [2.24, 2.45) is 0 Å². The van der Waals surface area contributed by atoms with Gasteiger partial charge in [0, 0.05) is 17.7 Å². The van der Waals surface area contributed by atoms with Crippen molar-refractivity contribution < 1.29 is 14.3 Å². The van der Waals surface area contributed by atoms with Gasteiger partial charge in [0.25, 0.3) is 5.91 Å². The number of benzene rings is 2. The van der Waals surface area contributed by atoms with Crippen molar-refractivity contribution in [3.05, 3.63) is 53.6 Å². The SMILES string of the molecule is CC[C@H](C)c1ccccc1NC(=O)COc1cccc2c1OC(C)(C)C2. The molecule has 0 bridgehead atoms. The van der Waals surface area contributed by atoms with Crippen LogP contribution in [0.25, 0.3) is 0 Å². The van der Waals surface area contributed by atoms with Gasteiger partial charge in [-0.3, -0.25) is 4.79 Å². The van der Waals surface area contributed by atoms with Crippen LogP contribution in [0.4, 0.5) is 5.69 Å². The Labute approximate surface area is 155 Å². The Morgan fingerprint density at radius 1 is 1.23 bits per heavy atom. The van der Waals surface area contributed by atoms with E-state index in [1.54, 1.807) is 0 Å². The summed E-state index contributed by atoms with van der Waals surface area (Å²) >= 11 is 0. The average molecular weight is 353 g/mol. The van der Waals surface area contributed by atoms with Crippen LogP contribution >= 0.6 is 0 Å². The van der Waals surface area contributed by atoms with Crippen LogP contribution in [0.2, 0.25) is 0 Å². The number of carbonyl (C=O) groups is 1. The number of rotatable bonds is 6. The van der Waals surface area contributed by atoms with Gasteiger partial charge in [0.2, 0.25) is 0 Å². The van der Waals surface area contributed by atoms with Crippen LogP contribution in [0.1, 0.15) is 51.2 Å². The molecule has 0 fully saturated rings. The highest BCUT2D eigenvalue weighted by Crippen LogP contribution is 2.41. The summed E-state index contributed by atoms with van der Waals surface area (Å²) < 4.78 is 11.8. The molecule has 0 spiro atoms. The molecule has 0 aliphatic carbocycles. The summed E-state index contributed by atoms with van der Waals surface area (Å²) in [6.45, 7) is 8.36. The molecule has 0 saturated carbocycles. The zero-order valence-electron chi connectivity index (χ0n) is 16.0. The van der Waals surface area contributed by atoms with Gasteiger partial charge < -0.3 is 14.8 Å². The highest BCUT2D eigenvalue weighted by molar-refractivity contribution is 5.92. The van der Waals surface area contributed by atoms with Crippen LogP contribution in [0.3, 0.4) is 0 Å². The van der Waals surface area contributed by atoms with Crippen LogP contribution in [0.15, 0.2) is 42.5 Å². The zero-order valence-corrected chi connectivity index (χ0v) is 16.0. The zero-order chi connectivity index (χ0) is 18.7. The molecular formula is C22H27NO3. The van der Waals surface area contributed by atoms with E-state index < -0.39 is 0 Å². The third kappa shape index (κ3) is 4.01. The van der Waals surface area contributed by atoms with Crippen LogP contribution in [-0.4, -0.2) is 18.1 Å². The van der Waals surface area contributed by atoms with E-state index in [0.717, 1.165) is 35.4 Å². The van der Waals surface area contributed by atoms with E-state index in [1.807, 2.05) is 36.4 Å². The molecule has 0 aromatic heterocycles. The van der Waals surface area contributed by atoms with Gasteiger partial charge in [0.05, 0.1) is 0 Å². The first kappa shape index (κ1) is 18.3. The predicted octanol–water partition coefficient (Wildman–Crippen LogP) is 4.93. The van der Waals surface area contributed by atoms with Crippen molar-refractivity contribution in [2.45, 2.75) is 52.1 Å². The normalized spacial score (nSPS) is 15.7. The van der Waals surface area contributed by atoms with Gasteiger partial charge in [-0.15, -0.1) is 0 Å². The third-order valence-electron chi connectivity index (χ3n) is 4.79. The van der Waals surface area contributed by atoms with Crippen molar-refractivity contribution >= 4 is 11.6 Å². The maximum Gasteiger partial charge on any atom is 0.262 e. The Bertz CT molecular complexity index is 798. The summed E-state index contributed by atoms with van der Waals surface area (Å²) in [5.74, 6) is 1.60. The minimum atomic E-state index is -0.237. The van der Waals surface area contributed by atoms with Gasteiger partial charge in [-0.1, -0.05) is 44.2 Å². The standard InChI is InChI=1S/C22H27NO3/c1-5-15(2)17-10-6-7-11-18(17)23-20(24)14-25-19-12-8-9-16-13-22(3,4)26-21(16)19/h6-12,15H,5,13-14H2,1-4H3,(H,23,24)/t15-/m0/s1. The molecular weight excluding hydrogens is 326 g/mol. The first-order chi connectivity index (χ1) is 12.4. The summed E-state index contributed by atoms with van der Waals surface area (Å²) in [5.41, 5.74) is 2.88. The van der Waals surface area contributed by atoms with Crippen LogP contribution in [0, 0.1) is 0 Å². The topological polar surface area (TPSA) is 47.6 Å². The van der Waals surface area contributed by atoms with Gasteiger partial charge >= 0.3 is 0 Å². The molecule has 2 aromatic rings. The molecule has 1 N–H and O–H groups in total. The second kappa shape index (κ2) is 7.40. The molecule has 26 heavy (non-hydrogen) atoms. The molecule has 0 saturated heterocycles. The molecule has 3 rings (SSSR count). The van der Waals surface area contributed by atoms with E-state index >= 15 is 0 Å². The predicted molar refractivity (Wildman–Crippen MR) is 104 cm³/mol. The lowest BCUT2D eigenvalue weighted by Gasteiger charge is -2.18. The molecule has 1 aliphatic rings. The highest BCUT2D eigenvalue weighted by atomic mass is 16.5. The Kier molecular flexibility index (Phi) is 5.21. The fourth-order valence-corrected chi connectivity index (χ4v) is 3.29. The van der Waals surface area contributed by atoms with Crippen LogP contribution < -0.4 is 14.8 Å². The first-order valence-electron chi connectivity index (χ1n) is 9.22. The third-order valence-corrected chi connectivity index (χ3v) is 4.79. The highest BCUT2D eigenvalue weighted by Gasteiger charge is 2.32. The van der Waals surface area contributed by atoms with Gasteiger partial charge in [-0.2, -0.15) is 0 Å². The summed E-state index contributed by atoms with van der Waals surface area (Å²) in [5, 5.41) is 2.98. The number of hydrogen-bond acceptors (Lipinski definition) is 3. The summed E-state index contributed by atoms with van der Waals surface area (Å²) in [6.07, 6.45) is 1.86. The Morgan fingerprint density at radius 2 is 2.00 bits per heavy atom. The van der Waals surface area contributed by atoms with Crippen molar-refractivity contribution in [2.75, 3.05) is 11.9 Å². The minimum Gasteiger partial charge on any atom is -0.483 e. The van der Waals surface area contributed by atoms with Crippen molar-refractivity contribution in [1.82, 2.24) is 0 Å². The smallest absolute Gasteiger partial charge is 0.262 e. The number of carbonyl (C=O) groups excluding carboxylic acids is 1. The fourth-order valence-electron chi connectivity index (χ4n) is 3.29. The average Bonchev–Trinajstić information content (AvgIpc) is 2.94. The van der Waals surface area contributed by atoms with Crippen molar-refractivity contribution in [3.63, 3.8) is 0 Å². The Hall–Kier alpha value is -2.49. The number of nitrogens with one attached hydrogen (secondary N) is 1. The van der Waals surface area contributed by atoms with Gasteiger partial charge in [-0.25, -0.2) is 0 Å². The minimum absolute atomic E-state index is 0.0465. The molecule has 4 nitrogen and oxygen atoms in total. The van der Waals surface area contributed by atoms with E-state index in [1.165, 1.54) is 0 Å². The van der Waals surface area contributed by atoms with Crippen molar-refractivity contribution in [3.8, 4) is 11.5 Å². The molecule has 1 amide bonds. The molecule has 1 atom stereocenters. The first-order valence-corrected chi connectivity index (χ1v) is 9.22. The molecule has 1 heterocycles. The Balaban J connectivity index is 1.66. The largest absolute Gasteiger partial charge is 0.483 e. The molecule has 0 radical (unpaired) electrons.